The van der Waals surface area contributed by atoms with Gasteiger partial charge in [0.05, 0.1) is 0 Å². The van der Waals surface area contributed by atoms with Crippen molar-refractivity contribution in [1.29, 1.82) is 0 Å². The van der Waals surface area contributed by atoms with Gasteiger partial charge in [-0.15, -0.1) is 0 Å². The van der Waals surface area contributed by atoms with Crippen molar-refractivity contribution in [3.8, 4) is 0 Å². The highest BCUT2D eigenvalue weighted by Gasteiger charge is 2.00. The third kappa shape index (κ3) is 1.19. The Bertz CT molecular complexity index is 408. The molecule has 2 aromatic rings. The van der Waals surface area contributed by atoms with Crippen molar-refractivity contribution in [3.05, 3.63) is 35.0 Å². The lowest BCUT2D eigenvalue weighted by molar-refractivity contribution is 0.618. The molecule has 0 radical (unpaired) electrons. The summed E-state index contributed by atoms with van der Waals surface area (Å²) in [6.45, 7) is 0.540. The van der Waals surface area contributed by atoms with Gasteiger partial charge in [-0.05, 0) is 29.3 Å². The summed E-state index contributed by atoms with van der Waals surface area (Å²) >= 11 is 5.68. The number of hydrogen-bond donors (Lipinski definition) is 1. The van der Waals surface area contributed by atoms with Crippen LogP contribution >= 0.6 is 11.6 Å². The number of halogens is 1. The van der Waals surface area contributed by atoms with Crippen LogP contribution < -0.4 is 5.73 Å². The molecule has 0 aliphatic carbocycles. The second-order valence-electron chi connectivity index (χ2n) is 2.63. The second-order valence-corrected chi connectivity index (χ2v) is 3.00. The van der Waals surface area contributed by atoms with Gasteiger partial charge in [0.1, 0.15) is 5.58 Å². The zero-order valence-corrected chi connectivity index (χ0v) is 7.14. The van der Waals surface area contributed by atoms with E-state index in [9.17, 15) is 0 Å². The summed E-state index contributed by atoms with van der Waals surface area (Å²) in [6.07, 6.45) is 0. The van der Waals surface area contributed by atoms with Gasteiger partial charge in [-0.25, -0.2) is 0 Å². The largest absolute Gasteiger partial charge is 0.445 e. The zero-order valence-electron chi connectivity index (χ0n) is 6.38. The average molecular weight is 182 g/mol. The Labute approximate surface area is 74.9 Å². The lowest BCUT2D eigenvalue weighted by atomic mass is 10.2. The SMILES string of the molecule is NCc1ccc2oc(Cl)cc2c1. The molecule has 0 saturated heterocycles. The molecule has 3 heteroatoms. The Morgan fingerprint density at radius 2 is 2.17 bits per heavy atom. The molecule has 12 heavy (non-hydrogen) atoms. The van der Waals surface area contributed by atoms with Crippen molar-refractivity contribution in [2.75, 3.05) is 0 Å². The molecule has 0 amide bonds. The van der Waals surface area contributed by atoms with Crippen molar-refractivity contribution < 1.29 is 4.42 Å². The molecule has 0 aliphatic rings. The lowest BCUT2D eigenvalue weighted by Gasteiger charge is -1.93. The Morgan fingerprint density at radius 3 is 2.92 bits per heavy atom. The summed E-state index contributed by atoms with van der Waals surface area (Å²) in [4.78, 5) is 0. The molecule has 0 saturated carbocycles. The van der Waals surface area contributed by atoms with Crippen LogP contribution in [-0.2, 0) is 6.54 Å². The Hall–Kier alpha value is -0.990. The van der Waals surface area contributed by atoms with Gasteiger partial charge in [0.2, 0.25) is 0 Å². The first-order valence-corrected chi connectivity index (χ1v) is 4.05. The number of hydrogen-bond acceptors (Lipinski definition) is 2. The molecular formula is C9H8ClNO. The van der Waals surface area contributed by atoms with E-state index in [0.717, 1.165) is 16.5 Å². The fourth-order valence-electron chi connectivity index (χ4n) is 1.19. The minimum absolute atomic E-state index is 0.416. The van der Waals surface area contributed by atoms with Crippen molar-refractivity contribution in [3.63, 3.8) is 0 Å². The smallest absolute Gasteiger partial charge is 0.194 e. The first kappa shape index (κ1) is 7.65. The van der Waals surface area contributed by atoms with Crippen LogP contribution in [0.4, 0.5) is 0 Å². The molecule has 0 atom stereocenters. The van der Waals surface area contributed by atoms with Crippen molar-refractivity contribution >= 4 is 22.6 Å². The van der Waals surface area contributed by atoms with Gasteiger partial charge < -0.3 is 10.2 Å². The van der Waals surface area contributed by atoms with E-state index < -0.39 is 0 Å². The minimum Gasteiger partial charge on any atom is -0.445 e. The van der Waals surface area contributed by atoms with E-state index in [1.807, 2.05) is 18.2 Å². The van der Waals surface area contributed by atoms with Crippen LogP contribution in [0, 0.1) is 0 Å². The lowest BCUT2D eigenvalue weighted by Crippen LogP contribution is -1.94. The van der Waals surface area contributed by atoms with Gasteiger partial charge in [-0.3, -0.25) is 0 Å². The molecule has 2 rings (SSSR count). The van der Waals surface area contributed by atoms with E-state index in [0.29, 0.717) is 11.8 Å². The molecular weight excluding hydrogens is 174 g/mol. The van der Waals surface area contributed by atoms with Crippen LogP contribution in [0.25, 0.3) is 11.0 Å². The first-order chi connectivity index (χ1) is 5.79. The molecule has 2 nitrogen and oxygen atoms in total. The summed E-state index contributed by atoms with van der Waals surface area (Å²) in [5.41, 5.74) is 7.37. The van der Waals surface area contributed by atoms with Crippen LogP contribution in [0.15, 0.2) is 28.7 Å². The van der Waals surface area contributed by atoms with Gasteiger partial charge in [-0.1, -0.05) is 6.07 Å². The van der Waals surface area contributed by atoms with Crippen molar-refractivity contribution in [2.24, 2.45) is 5.73 Å². The fourth-order valence-corrected chi connectivity index (χ4v) is 1.39. The van der Waals surface area contributed by atoms with E-state index in [4.69, 9.17) is 21.8 Å². The van der Waals surface area contributed by atoms with Gasteiger partial charge in [-0.2, -0.15) is 0 Å². The summed E-state index contributed by atoms with van der Waals surface area (Å²) < 4.78 is 5.19. The van der Waals surface area contributed by atoms with Gasteiger partial charge in [0.15, 0.2) is 5.22 Å². The highest BCUT2D eigenvalue weighted by atomic mass is 35.5. The maximum atomic E-state index is 5.68. The third-order valence-electron chi connectivity index (χ3n) is 1.79. The minimum atomic E-state index is 0.416. The van der Waals surface area contributed by atoms with Gasteiger partial charge >= 0.3 is 0 Å². The van der Waals surface area contributed by atoms with Crippen LogP contribution in [0.1, 0.15) is 5.56 Å². The molecule has 0 bridgehead atoms. The molecule has 0 unspecified atom stereocenters. The maximum absolute atomic E-state index is 5.68. The highest BCUT2D eigenvalue weighted by Crippen LogP contribution is 2.23. The predicted molar refractivity (Wildman–Crippen MR) is 49.1 cm³/mol. The molecule has 1 aromatic heterocycles. The Kier molecular flexibility index (Phi) is 1.79. The molecule has 0 spiro atoms. The number of furan rings is 1. The van der Waals surface area contributed by atoms with Gasteiger partial charge in [0, 0.05) is 18.0 Å². The summed E-state index contributed by atoms with van der Waals surface area (Å²) in [5.74, 6) is 0. The van der Waals surface area contributed by atoms with E-state index >= 15 is 0 Å². The number of fused-ring (bicyclic) bond motifs is 1. The van der Waals surface area contributed by atoms with E-state index in [2.05, 4.69) is 0 Å². The normalized spacial score (nSPS) is 10.8. The van der Waals surface area contributed by atoms with Crippen LogP contribution in [0.5, 0.6) is 0 Å². The molecule has 1 aromatic carbocycles. The second kappa shape index (κ2) is 2.81. The molecule has 62 valence electrons. The van der Waals surface area contributed by atoms with Crippen LogP contribution in [0.2, 0.25) is 5.22 Å². The average Bonchev–Trinajstić information content (AvgIpc) is 2.43. The van der Waals surface area contributed by atoms with E-state index in [1.165, 1.54) is 0 Å². The fraction of sp³-hybridized carbons (Fsp3) is 0.111. The number of benzene rings is 1. The zero-order chi connectivity index (χ0) is 8.55. The highest BCUT2D eigenvalue weighted by molar-refractivity contribution is 6.29. The van der Waals surface area contributed by atoms with Crippen LogP contribution in [0.3, 0.4) is 0 Å². The summed E-state index contributed by atoms with van der Waals surface area (Å²) in [5, 5.41) is 1.42. The molecule has 0 aliphatic heterocycles. The van der Waals surface area contributed by atoms with Gasteiger partial charge in [0.25, 0.3) is 0 Å². The molecule has 1 heterocycles. The Morgan fingerprint density at radius 1 is 1.33 bits per heavy atom. The van der Waals surface area contributed by atoms with Crippen molar-refractivity contribution in [1.82, 2.24) is 0 Å². The standard InChI is InChI=1S/C9H8ClNO/c10-9-4-7-3-6(5-11)1-2-8(7)12-9/h1-4H,5,11H2. The first-order valence-electron chi connectivity index (χ1n) is 3.67. The number of rotatable bonds is 1. The summed E-state index contributed by atoms with van der Waals surface area (Å²) in [6, 6.07) is 7.58. The summed E-state index contributed by atoms with van der Waals surface area (Å²) in [7, 11) is 0. The third-order valence-corrected chi connectivity index (χ3v) is 1.97. The van der Waals surface area contributed by atoms with Crippen LogP contribution in [-0.4, -0.2) is 0 Å². The Balaban J connectivity index is 2.66. The van der Waals surface area contributed by atoms with E-state index in [1.54, 1.807) is 6.07 Å². The quantitative estimate of drug-likeness (QED) is 0.735. The topological polar surface area (TPSA) is 39.2 Å². The molecule has 2 N–H and O–H groups in total. The maximum Gasteiger partial charge on any atom is 0.194 e. The monoisotopic (exact) mass is 181 g/mol. The molecule has 0 fully saturated rings. The predicted octanol–water partition coefficient (Wildman–Crippen LogP) is 2.54. The number of nitrogens with two attached hydrogens (primary N) is 1. The van der Waals surface area contributed by atoms with Crippen molar-refractivity contribution in [2.45, 2.75) is 6.54 Å². The van der Waals surface area contributed by atoms with E-state index in [-0.39, 0.29) is 0 Å².